The highest BCUT2D eigenvalue weighted by molar-refractivity contribution is 6.33. The number of pyridine rings is 1. The fourth-order valence-electron chi connectivity index (χ4n) is 3.70. The third kappa shape index (κ3) is 3.29. The minimum atomic E-state index is -0.601. The Kier molecular flexibility index (Phi) is 4.54. The highest BCUT2D eigenvalue weighted by atomic mass is 35.5. The molecule has 1 fully saturated rings. The van der Waals surface area contributed by atoms with E-state index in [1.165, 1.54) is 0 Å². The molecule has 0 aliphatic carbocycles. The van der Waals surface area contributed by atoms with Crippen LogP contribution in [0, 0.1) is 6.92 Å². The predicted octanol–water partition coefficient (Wildman–Crippen LogP) is 3.09. The van der Waals surface area contributed by atoms with Gasteiger partial charge >= 0.3 is 0 Å². The fraction of sp³-hybridized carbons (Fsp3) is 0.300. The van der Waals surface area contributed by atoms with Crippen molar-refractivity contribution >= 4 is 39.4 Å². The third-order valence-electron chi connectivity index (χ3n) is 5.23. The number of nitrogens with zero attached hydrogens (tertiary/aromatic N) is 4. The monoisotopic (exact) mass is 410 g/mol. The van der Waals surface area contributed by atoms with Gasteiger partial charge in [0.1, 0.15) is 5.52 Å². The molecule has 3 N–H and O–H groups in total. The van der Waals surface area contributed by atoms with Gasteiger partial charge in [-0.25, -0.2) is 9.97 Å². The minimum absolute atomic E-state index is 0.160. The molecule has 9 heteroatoms. The molecular formula is C20H19ClN6O2. The first-order valence-corrected chi connectivity index (χ1v) is 9.76. The van der Waals surface area contributed by atoms with Crippen LogP contribution in [0.25, 0.3) is 33.1 Å². The molecule has 29 heavy (non-hydrogen) atoms. The first-order valence-electron chi connectivity index (χ1n) is 9.39. The van der Waals surface area contributed by atoms with Crippen molar-refractivity contribution in [3.8, 4) is 11.3 Å². The lowest BCUT2D eigenvalue weighted by molar-refractivity contribution is -0.0136. The standard InChI is InChI=1S/C20H19ClN6O2/c1-10-18-12-6-11(2-3-14(12)22-8-16(18)27-26-10)19-13(21)7-23-20(25-19)24-15-4-5-29-9-17(15)28/h2-3,6-8,15,17,28H,4-5,9H2,1H3,(H,26,27)(H,23,24,25)/t15-,17-/m1/s1. The highest BCUT2D eigenvalue weighted by Crippen LogP contribution is 2.32. The average molecular weight is 411 g/mol. The number of hydrogen-bond donors (Lipinski definition) is 3. The normalized spacial score (nSPS) is 19.7. The van der Waals surface area contributed by atoms with E-state index < -0.39 is 6.10 Å². The zero-order valence-corrected chi connectivity index (χ0v) is 16.4. The van der Waals surface area contributed by atoms with Crippen LogP contribution in [-0.4, -0.2) is 55.6 Å². The molecule has 1 aliphatic heterocycles. The molecular weight excluding hydrogens is 392 g/mol. The zero-order valence-electron chi connectivity index (χ0n) is 15.7. The Hall–Kier alpha value is -2.81. The van der Waals surface area contributed by atoms with E-state index in [1.807, 2.05) is 25.1 Å². The molecule has 0 radical (unpaired) electrons. The number of aliphatic hydroxyl groups is 1. The predicted molar refractivity (Wildman–Crippen MR) is 111 cm³/mol. The van der Waals surface area contributed by atoms with Crippen LogP contribution in [0.2, 0.25) is 5.02 Å². The number of rotatable bonds is 3. The summed E-state index contributed by atoms with van der Waals surface area (Å²) in [5.74, 6) is 0.422. The van der Waals surface area contributed by atoms with Crippen LogP contribution in [0.1, 0.15) is 12.1 Å². The lowest BCUT2D eigenvalue weighted by Gasteiger charge is -2.28. The Morgan fingerprint density at radius 2 is 2.14 bits per heavy atom. The van der Waals surface area contributed by atoms with E-state index in [4.69, 9.17) is 16.3 Å². The summed E-state index contributed by atoms with van der Waals surface area (Å²) in [6.07, 6.45) is 3.42. The number of aliphatic hydroxyl groups excluding tert-OH is 1. The van der Waals surface area contributed by atoms with Crippen LogP contribution in [-0.2, 0) is 4.74 Å². The van der Waals surface area contributed by atoms with Gasteiger partial charge < -0.3 is 15.2 Å². The minimum Gasteiger partial charge on any atom is -0.389 e. The van der Waals surface area contributed by atoms with Gasteiger partial charge in [0, 0.05) is 28.6 Å². The first kappa shape index (κ1) is 18.2. The number of anilines is 1. The number of aromatic nitrogens is 5. The summed E-state index contributed by atoms with van der Waals surface area (Å²) in [5, 5.41) is 23.1. The number of hydrogen-bond acceptors (Lipinski definition) is 7. The van der Waals surface area contributed by atoms with Crippen LogP contribution in [0.4, 0.5) is 5.95 Å². The van der Waals surface area contributed by atoms with E-state index in [-0.39, 0.29) is 6.04 Å². The second-order valence-corrected chi connectivity index (χ2v) is 7.58. The molecule has 4 heterocycles. The van der Waals surface area contributed by atoms with Gasteiger partial charge in [0.05, 0.1) is 47.4 Å². The van der Waals surface area contributed by atoms with Crippen molar-refractivity contribution in [3.05, 3.63) is 41.3 Å². The summed E-state index contributed by atoms with van der Waals surface area (Å²) in [5.41, 5.74) is 4.15. The maximum atomic E-state index is 10.1. The van der Waals surface area contributed by atoms with Gasteiger partial charge in [-0.1, -0.05) is 17.7 Å². The molecule has 2 atom stereocenters. The summed E-state index contributed by atoms with van der Waals surface area (Å²) in [6, 6.07) is 5.75. The largest absolute Gasteiger partial charge is 0.389 e. The molecule has 5 rings (SSSR count). The second-order valence-electron chi connectivity index (χ2n) is 7.17. The van der Waals surface area contributed by atoms with Gasteiger partial charge in [-0.15, -0.1) is 0 Å². The maximum Gasteiger partial charge on any atom is 0.223 e. The molecule has 0 spiro atoms. The zero-order chi connectivity index (χ0) is 20.0. The maximum absolute atomic E-state index is 10.1. The number of H-pyrrole nitrogens is 1. The highest BCUT2D eigenvalue weighted by Gasteiger charge is 2.24. The van der Waals surface area contributed by atoms with Crippen LogP contribution in [0.5, 0.6) is 0 Å². The Labute approximate surface area is 171 Å². The molecule has 0 bridgehead atoms. The number of aromatic amines is 1. The van der Waals surface area contributed by atoms with Crippen molar-refractivity contribution in [1.29, 1.82) is 0 Å². The first-order chi connectivity index (χ1) is 14.1. The van der Waals surface area contributed by atoms with Crippen molar-refractivity contribution in [2.45, 2.75) is 25.5 Å². The number of aryl methyl sites for hydroxylation is 1. The SMILES string of the molecule is Cc1[nH]nc2cnc3ccc(-c4nc(N[C@@H]5CCOC[C@H]5O)ncc4Cl)cc3c12. The van der Waals surface area contributed by atoms with Gasteiger partial charge in [0.15, 0.2) is 0 Å². The molecule has 1 saturated heterocycles. The van der Waals surface area contributed by atoms with Gasteiger partial charge in [-0.3, -0.25) is 10.1 Å². The molecule has 0 saturated carbocycles. The third-order valence-corrected chi connectivity index (χ3v) is 5.50. The summed E-state index contributed by atoms with van der Waals surface area (Å²) >= 11 is 6.43. The summed E-state index contributed by atoms with van der Waals surface area (Å²) in [7, 11) is 0. The number of fused-ring (bicyclic) bond motifs is 3. The molecule has 1 aliphatic rings. The van der Waals surface area contributed by atoms with Crippen molar-refractivity contribution in [2.75, 3.05) is 18.5 Å². The molecule has 1 aromatic carbocycles. The van der Waals surface area contributed by atoms with Crippen LogP contribution in [0.15, 0.2) is 30.6 Å². The van der Waals surface area contributed by atoms with Crippen LogP contribution in [0.3, 0.4) is 0 Å². The second kappa shape index (κ2) is 7.22. The van der Waals surface area contributed by atoms with Crippen LogP contribution >= 0.6 is 11.6 Å². The van der Waals surface area contributed by atoms with E-state index in [9.17, 15) is 5.11 Å². The molecule has 0 unspecified atom stereocenters. The summed E-state index contributed by atoms with van der Waals surface area (Å²) in [6.45, 7) is 2.88. The molecule has 4 aromatic rings. The van der Waals surface area contributed by atoms with Crippen molar-refractivity contribution in [3.63, 3.8) is 0 Å². The van der Waals surface area contributed by atoms with Gasteiger partial charge in [0.25, 0.3) is 0 Å². The quantitative estimate of drug-likeness (QED) is 0.476. The fourth-order valence-corrected chi connectivity index (χ4v) is 3.90. The van der Waals surface area contributed by atoms with E-state index in [0.717, 1.165) is 33.1 Å². The molecule has 8 nitrogen and oxygen atoms in total. The number of benzene rings is 1. The Balaban J connectivity index is 1.57. The van der Waals surface area contributed by atoms with E-state index in [1.54, 1.807) is 12.4 Å². The van der Waals surface area contributed by atoms with Gasteiger partial charge in [-0.2, -0.15) is 5.10 Å². The lowest BCUT2D eigenvalue weighted by Crippen LogP contribution is -2.42. The molecule has 0 amide bonds. The number of halogens is 1. The number of ether oxygens (including phenoxy) is 1. The van der Waals surface area contributed by atoms with Crippen molar-refractivity contribution in [2.24, 2.45) is 0 Å². The Morgan fingerprint density at radius 3 is 3.00 bits per heavy atom. The van der Waals surface area contributed by atoms with Crippen molar-refractivity contribution in [1.82, 2.24) is 25.1 Å². The lowest BCUT2D eigenvalue weighted by atomic mass is 10.0. The van der Waals surface area contributed by atoms with E-state index >= 15 is 0 Å². The smallest absolute Gasteiger partial charge is 0.223 e. The summed E-state index contributed by atoms with van der Waals surface area (Å²) < 4.78 is 5.28. The molecule has 148 valence electrons. The summed E-state index contributed by atoms with van der Waals surface area (Å²) in [4.78, 5) is 13.4. The van der Waals surface area contributed by atoms with Crippen molar-refractivity contribution < 1.29 is 9.84 Å². The van der Waals surface area contributed by atoms with Gasteiger partial charge in [0.2, 0.25) is 5.95 Å². The van der Waals surface area contributed by atoms with Crippen LogP contribution < -0.4 is 5.32 Å². The average Bonchev–Trinajstić information content (AvgIpc) is 3.12. The Morgan fingerprint density at radius 1 is 1.24 bits per heavy atom. The topological polar surface area (TPSA) is 109 Å². The Bertz CT molecular complexity index is 1210. The number of nitrogens with one attached hydrogen (secondary N) is 2. The molecule has 3 aromatic heterocycles. The van der Waals surface area contributed by atoms with E-state index in [2.05, 4.69) is 30.5 Å². The van der Waals surface area contributed by atoms with E-state index in [0.29, 0.717) is 36.3 Å². The van der Waals surface area contributed by atoms with Gasteiger partial charge in [-0.05, 0) is 25.5 Å².